The van der Waals surface area contributed by atoms with Gasteiger partial charge in [0, 0.05) is 12.3 Å². The summed E-state index contributed by atoms with van der Waals surface area (Å²) in [5.41, 5.74) is 0. The van der Waals surface area contributed by atoms with Crippen LogP contribution in [0.25, 0.3) is 0 Å². The van der Waals surface area contributed by atoms with Crippen molar-refractivity contribution in [2.24, 2.45) is 0 Å². The highest BCUT2D eigenvalue weighted by Crippen LogP contribution is 2.11. The van der Waals surface area contributed by atoms with Crippen molar-refractivity contribution in [2.45, 2.75) is 0 Å². The number of thioether (sulfide) groups is 1. The average molecular weight is 146 g/mol. The second-order valence-corrected chi connectivity index (χ2v) is 2.92. The molecule has 0 saturated carbocycles. The van der Waals surface area contributed by atoms with Gasteiger partial charge in [-0.2, -0.15) is 0 Å². The maximum absolute atomic E-state index is 10.8. The van der Waals surface area contributed by atoms with Crippen LogP contribution in [0.4, 0.5) is 4.79 Å². The van der Waals surface area contributed by atoms with Gasteiger partial charge in [0.2, 0.25) is 0 Å². The molecule has 52 valence electrons. The molecule has 0 spiro atoms. The number of carbonyl (C=O) groups is 1. The monoisotopic (exact) mass is 146 g/mol. The van der Waals surface area contributed by atoms with E-state index in [-0.39, 0.29) is 6.03 Å². The van der Waals surface area contributed by atoms with Crippen LogP contribution >= 0.6 is 11.8 Å². The largest absolute Gasteiger partial charge is 0.395 e. The Bertz CT molecular complexity index is 112. The van der Waals surface area contributed by atoms with E-state index in [1.807, 2.05) is 0 Å². The summed E-state index contributed by atoms with van der Waals surface area (Å²) in [4.78, 5) is 12.6. The van der Waals surface area contributed by atoms with Crippen molar-refractivity contribution in [3.63, 3.8) is 0 Å². The summed E-state index contributed by atoms with van der Waals surface area (Å²) in [6, 6.07) is 0.0556. The number of nitrogens with two attached hydrogens (primary N) is 1. The lowest BCUT2D eigenvalue weighted by molar-refractivity contribution is -0.497. The number of carbonyl (C=O) groups excluding carboxylic acids is 1. The summed E-state index contributed by atoms with van der Waals surface area (Å²) < 4.78 is 0. The molecule has 1 rings (SSSR count). The fraction of sp³-hybridized carbons (Fsp3) is 0.600. The fourth-order valence-electron chi connectivity index (χ4n) is 0.717. The van der Waals surface area contributed by atoms with E-state index >= 15 is 0 Å². The Kier molecular flexibility index (Phi) is 2.36. The molecule has 1 aliphatic rings. The first-order valence-electron chi connectivity index (χ1n) is 2.83. The van der Waals surface area contributed by atoms with Crippen LogP contribution in [0.15, 0.2) is 0 Å². The molecule has 0 radical (unpaired) electrons. The normalized spacial score (nSPS) is 18.6. The van der Waals surface area contributed by atoms with E-state index in [4.69, 9.17) is 0 Å². The van der Waals surface area contributed by atoms with E-state index in [1.54, 1.807) is 16.7 Å². The molecule has 0 aromatic rings. The Balaban J connectivity index is 2.32. The molecule has 0 aliphatic carbocycles. The molecule has 0 unspecified atom stereocenters. The van der Waals surface area contributed by atoms with Crippen LogP contribution < -0.4 is 5.32 Å². The van der Waals surface area contributed by atoms with Crippen molar-refractivity contribution < 1.29 is 10.1 Å². The number of hydrogen-bond donors (Lipinski definition) is 1. The lowest BCUT2D eigenvalue weighted by atomic mass is 10.6. The zero-order chi connectivity index (χ0) is 6.69. The number of amides is 2. The van der Waals surface area contributed by atoms with Gasteiger partial charge in [0.1, 0.15) is 0 Å². The molecule has 4 heteroatoms. The second kappa shape index (κ2) is 3.08. The molecule has 1 saturated heterocycles. The van der Waals surface area contributed by atoms with E-state index in [2.05, 4.69) is 7.05 Å². The van der Waals surface area contributed by atoms with Crippen LogP contribution in [0.2, 0.25) is 0 Å². The van der Waals surface area contributed by atoms with Gasteiger partial charge < -0.3 is 5.32 Å². The van der Waals surface area contributed by atoms with E-state index in [9.17, 15) is 4.79 Å². The SMILES string of the molecule is [CH2-][NH2+]C(=O)N1CCSC1. The van der Waals surface area contributed by atoms with Gasteiger partial charge in [0.25, 0.3) is 0 Å². The molecule has 1 aliphatic heterocycles. The van der Waals surface area contributed by atoms with Gasteiger partial charge in [0.15, 0.2) is 0 Å². The number of hydrogen-bond acceptors (Lipinski definition) is 2. The lowest BCUT2D eigenvalue weighted by Crippen LogP contribution is -2.84. The summed E-state index contributed by atoms with van der Waals surface area (Å²) in [5, 5.41) is 1.37. The first-order valence-corrected chi connectivity index (χ1v) is 3.99. The van der Waals surface area contributed by atoms with Gasteiger partial charge in [-0.1, -0.05) is 0 Å². The Hall–Kier alpha value is -0.220. The number of primary amides is 1. The van der Waals surface area contributed by atoms with Gasteiger partial charge in [-0.3, -0.25) is 4.90 Å². The highest BCUT2D eigenvalue weighted by Gasteiger charge is 2.17. The molecule has 2 N–H and O–H groups in total. The van der Waals surface area contributed by atoms with Crippen LogP contribution in [-0.4, -0.2) is 29.1 Å². The molecule has 0 atom stereocenters. The second-order valence-electron chi connectivity index (χ2n) is 1.84. The predicted octanol–water partition coefficient (Wildman–Crippen LogP) is -0.532. The third-order valence-corrected chi connectivity index (χ3v) is 2.20. The first-order chi connectivity index (χ1) is 4.34. The highest BCUT2D eigenvalue weighted by molar-refractivity contribution is 7.99. The molecule has 1 fully saturated rings. The maximum Gasteiger partial charge on any atom is 0.390 e. The average Bonchev–Trinajstić information content (AvgIpc) is 2.37. The number of nitrogens with zero attached hydrogens (tertiary/aromatic N) is 1. The lowest BCUT2D eigenvalue weighted by Gasteiger charge is -2.10. The van der Waals surface area contributed by atoms with Gasteiger partial charge in [-0.25, -0.2) is 4.79 Å². The molecule has 9 heavy (non-hydrogen) atoms. The first kappa shape index (κ1) is 6.89. The maximum atomic E-state index is 10.8. The summed E-state index contributed by atoms with van der Waals surface area (Å²) in [7, 11) is 3.40. The molecule has 0 aromatic carbocycles. The quantitative estimate of drug-likeness (QED) is 0.466. The summed E-state index contributed by atoms with van der Waals surface area (Å²) in [6.07, 6.45) is 0. The van der Waals surface area contributed by atoms with E-state index in [0.29, 0.717) is 0 Å². The molecule has 3 nitrogen and oxygen atoms in total. The minimum atomic E-state index is 0.0556. The zero-order valence-electron chi connectivity index (χ0n) is 5.17. The topological polar surface area (TPSA) is 36.9 Å². The van der Waals surface area contributed by atoms with E-state index in [1.165, 1.54) is 5.32 Å². The Morgan fingerprint density at radius 2 is 2.56 bits per heavy atom. The van der Waals surface area contributed by atoms with Crippen molar-refractivity contribution in [3.8, 4) is 0 Å². The highest BCUT2D eigenvalue weighted by atomic mass is 32.2. The zero-order valence-corrected chi connectivity index (χ0v) is 5.99. The molecule has 1 heterocycles. The van der Waals surface area contributed by atoms with E-state index in [0.717, 1.165) is 18.2 Å². The van der Waals surface area contributed by atoms with Crippen molar-refractivity contribution in [1.82, 2.24) is 4.90 Å². The fourth-order valence-corrected chi connectivity index (χ4v) is 1.67. The standard InChI is InChI=1S/C5H10N2OS/c1-6-5(8)7-2-3-9-4-7/h1-4,6H2. The third kappa shape index (κ3) is 1.59. The van der Waals surface area contributed by atoms with Crippen LogP contribution in [0.5, 0.6) is 0 Å². The predicted molar refractivity (Wildman–Crippen MR) is 36.7 cm³/mol. The Morgan fingerprint density at radius 3 is 3.00 bits per heavy atom. The molecule has 2 amide bonds. The molecular formula is C5H10N2OS. The summed E-state index contributed by atoms with van der Waals surface area (Å²) in [5.74, 6) is 1.91. The molecule has 0 aromatic heterocycles. The van der Waals surface area contributed by atoms with Gasteiger partial charge in [-0.05, 0) is 0 Å². The van der Waals surface area contributed by atoms with Crippen LogP contribution in [-0.2, 0) is 0 Å². The minimum absolute atomic E-state index is 0.0556. The van der Waals surface area contributed by atoms with Crippen molar-refractivity contribution in [2.75, 3.05) is 18.2 Å². The Labute approximate surface area is 58.8 Å². The smallest absolute Gasteiger partial charge is 0.390 e. The van der Waals surface area contributed by atoms with Gasteiger partial charge >= 0.3 is 6.03 Å². The number of rotatable bonds is 0. The number of quaternary nitrogens is 1. The third-order valence-electron chi connectivity index (χ3n) is 1.24. The van der Waals surface area contributed by atoms with Crippen molar-refractivity contribution in [3.05, 3.63) is 7.05 Å². The van der Waals surface area contributed by atoms with Crippen LogP contribution in [0, 0.1) is 7.05 Å². The summed E-state index contributed by atoms with van der Waals surface area (Å²) in [6.45, 7) is 0.884. The van der Waals surface area contributed by atoms with Crippen molar-refractivity contribution in [1.29, 1.82) is 0 Å². The summed E-state index contributed by atoms with van der Waals surface area (Å²) >= 11 is 1.78. The Morgan fingerprint density at radius 1 is 1.78 bits per heavy atom. The van der Waals surface area contributed by atoms with Crippen molar-refractivity contribution >= 4 is 17.8 Å². The van der Waals surface area contributed by atoms with Crippen LogP contribution in [0.1, 0.15) is 0 Å². The van der Waals surface area contributed by atoms with Gasteiger partial charge in [0.05, 0.1) is 5.88 Å². The van der Waals surface area contributed by atoms with E-state index < -0.39 is 0 Å². The van der Waals surface area contributed by atoms with Crippen LogP contribution in [0.3, 0.4) is 0 Å². The molecule has 0 bridgehead atoms. The van der Waals surface area contributed by atoms with Gasteiger partial charge in [-0.15, -0.1) is 18.8 Å². The minimum Gasteiger partial charge on any atom is -0.395 e. The molecular weight excluding hydrogens is 136 g/mol. The number of urea groups is 1.